The van der Waals surface area contributed by atoms with Crippen LogP contribution in [-0.4, -0.2) is 33.4 Å². The molecule has 1 amide bonds. The zero-order chi connectivity index (χ0) is 19.2. The second kappa shape index (κ2) is 8.64. The number of aromatic nitrogens is 3. The summed E-state index contributed by atoms with van der Waals surface area (Å²) in [7, 11) is 0. The van der Waals surface area contributed by atoms with Gasteiger partial charge in [-0.05, 0) is 31.5 Å². The van der Waals surface area contributed by atoms with Crippen LogP contribution in [0.4, 0.5) is 5.69 Å². The fraction of sp³-hybridized carbons (Fsp3) is 0.200. The zero-order valence-corrected chi connectivity index (χ0v) is 16.0. The number of amides is 1. The number of hydrogen-bond donors (Lipinski definition) is 1. The average Bonchev–Trinajstić information content (AvgIpc) is 2.68. The lowest BCUT2D eigenvalue weighted by Crippen LogP contribution is -2.32. The van der Waals surface area contributed by atoms with Gasteiger partial charge in [-0.15, -0.1) is 10.2 Å². The number of benzene rings is 2. The molecule has 27 heavy (non-hydrogen) atoms. The highest BCUT2D eigenvalue weighted by Gasteiger charge is 2.15. The Labute approximate surface area is 161 Å². The third-order valence-electron chi connectivity index (χ3n) is 3.99. The number of nitrogens with zero attached hydrogens (tertiary/aromatic N) is 3. The number of rotatable bonds is 6. The summed E-state index contributed by atoms with van der Waals surface area (Å²) >= 11 is 1.17. The number of carbonyl (C=O) groups excluding carboxylic acids is 1. The number of nitrogens with one attached hydrogen (secondary N) is 1. The van der Waals surface area contributed by atoms with Gasteiger partial charge in [0.15, 0.2) is 10.9 Å². The van der Waals surface area contributed by atoms with E-state index < -0.39 is 0 Å². The van der Waals surface area contributed by atoms with Crippen LogP contribution in [0.5, 0.6) is 0 Å². The zero-order valence-electron chi connectivity index (χ0n) is 15.2. The van der Waals surface area contributed by atoms with E-state index in [0.717, 1.165) is 11.3 Å². The monoisotopic (exact) mass is 380 g/mol. The first-order chi connectivity index (χ1) is 13.1. The Kier molecular flexibility index (Phi) is 6.03. The maximum absolute atomic E-state index is 12.6. The highest BCUT2D eigenvalue weighted by Crippen LogP contribution is 2.19. The molecule has 0 spiro atoms. The minimum absolute atomic E-state index is 0.0529. The molecule has 3 rings (SSSR count). The van der Waals surface area contributed by atoms with E-state index >= 15 is 0 Å². The van der Waals surface area contributed by atoms with E-state index in [2.05, 4.69) is 15.2 Å². The second-order valence-electron chi connectivity index (χ2n) is 5.94. The standard InChI is InChI=1S/C20H20N4O2S/c1-3-24(16-11-7-8-14(2)12-16)17(25)13-27-20-21-19(26)18(22-23-20)15-9-5-4-6-10-15/h4-12H,3,13H2,1-2H3,(H,21,23,26). The van der Waals surface area contributed by atoms with Crippen molar-refractivity contribution in [2.45, 2.75) is 19.0 Å². The summed E-state index contributed by atoms with van der Waals surface area (Å²) in [5.41, 5.74) is 2.61. The molecule has 1 heterocycles. The van der Waals surface area contributed by atoms with Crippen LogP contribution < -0.4 is 10.5 Å². The molecule has 6 nitrogen and oxygen atoms in total. The molecule has 0 aliphatic heterocycles. The molecule has 0 aliphatic carbocycles. The van der Waals surface area contributed by atoms with E-state index in [1.807, 2.05) is 56.3 Å². The lowest BCUT2D eigenvalue weighted by atomic mass is 10.2. The van der Waals surface area contributed by atoms with Crippen LogP contribution in [0.3, 0.4) is 0 Å². The first kappa shape index (κ1) is 18.8. The first-order valence-electron chi connectivity index (χ1n) is 8.60. The van der Waals surface area contributed by atoms with E-state index in [-0.39, 0.29) is 22.9 Å². The summed E-state index contributed by atoms with van der Waals surface area (Å²) in [6, 6.07) is 17.0. The Morgan fingerprint density at radius 2 is 1.89 bits per heavy atom. The molecular formula is C20H20N4O2S. The second-order valence-corrected chi connectivity index (χ2v) is 6.90. The third kappa shape index (κ3) is 4.62. The van der Waals surface area contributed by atoms with Gasteiger partial charge in [0.25, 0.3) is 5.56 Å². The Hall–Kier alpha value is -2.93. The van der Waals surface area contributed by atoms with Crippen molar-refractivity contribution in [3.8, 4) is 11.3 Å². The third-order valence-corrected chi connectivity index (χ3v) is 4.84. The van der Waals surface area contributed by atoms with Gasteiger partial charge >= 0.3 is 0 Å². The molecule has 7 heteroatoms. The fourth-order valence-electron chi connectivity index (χ4n) is 2.68. The average molecular weight is 380 g/mol. The van der Waals surface area contributed by atoms with E-state index in [1.54, 1.807) is 17.0 Å². The number of carbonyl (C=O) groups is 1. The summed E-state index contributed by atoms with van der Waals surface area (Å²) in [6.45, 7) is 4.49. The summed E-state index contributed by atoms with van der Waals surface area (Å²) in [5.74, 6) is 0.111. The molecule has 0 fully saturated rings. The Bertz CT molecular complexity index is 989. The predicted octanol–water partition coefficient (Wildman–Crippen LogP) is 3.29. The van der Waals surface area contributed by atoms with Crippen LogP contribution in [0.2, 0.25) is 0 Å². The Morgan fingerprint density at radius 3 is 2.56 bits per heavy atom. The summed E-state index contributed by atoms with van der Waals surface area (Å²) in [5, 5.41) is 8.40. The number of H-pyrrole nitrogens is 1. The smallest absolute Gasteiger partial charge is 0.278 e. The van der Waals surface area contributed by atoms with Gasteiger partial charge in [-0.3, -0.25) is 14.6 Å². The molecule has 1 aromatic heterocycles. The number of anilines is 1. The highest BCUT2D eigenvalue weighted by atomic mass is 32.2. The van der Waals surface area contributed by atoms with Crippen LogP contribution in [-0.2, 0) is 4.79 Å². The molecule has 138 valence electrons. The minimum atomic E-state index is -0.322. The van der Waals surface area contributed by atoms with Crippen molar-refractivity contribution in [2.75, 3.05) is 17.2 Å². The maximum Gasteiger partial charge on any atom is 0.278 e. The van der Waals surface area contributed by atoms with Gasteiger partial charge in [0.2, 0.25) is 5.91 Å². The largest absolute Gasteiger partial charge is 0.312 e. The van der Waals surface area contributed by atoms with Gasteiger partial charge in [-0.1, -0.05) is 54.2 Å². The van der Waals surface area contributed by atoms with Gasteiger partial charge in [0.1, 0.15) is 0 Å². The van der Waals surface area contributed by atoms with Crippen molar-refractivity contribution in [1.82, 2.24) is 15.2 Å². The summed E-state index contributed by atoms with van der Waals surface area (Å²) in [6.07, 6.45) is 0. The number of hydrogen-bond acceptors (Lipinski definition) is 5. The van der Waals surface area contributed by atoms with Gasteiger partial charge in [-0.2, -0.15) is 0 Å². The van der Waals surface area contributed by atoms with Crippen LogP contribution in [0.1, 0.15) is 12.5 Å². The first-order valence-corrected chi connectivity index (χ1v) is 9.59. The maximum atomic E-state index is 12.6. The molecule has 2 aromatic carbocycles. The van der Waals surface area contributed by atoms with Crippen molar-refractivity contribution < 1.29 is 4.79 Å². The SMILES string of the molecule is CCN(C(=O)CSc1nnc(-c2ccccc2)c(=O)[nH]1)c1cccc(C)c1. The lowest BCUT2D eigenvalue weighted by molar-refractivity contribution is -0.116. The van der Waals surface area contributed by atoms with Crippen LogP contribution in [0, 0.1) is 6.92 Å². The van der Waals surface area contributed by atoms with E-state index in [9.17, 15) is 9.59 Å². The van der Waals surface area contributed by atoms with Crippen LogP contribution in [0.15, 0.2) is 64.5 Å². The topological polar surface area (TPSA) is 79.0 Å². The van der Waals surface area contributed by atoms with Gasteiger partial charge in [-0.25, -0.2) is 0 Å². The van der Waals surface area contributed by atoms with Crippen LogP contribution in [0.25, 0.3) is 11.3 Å². The molecule has 0 saturated heterocycles. The molecular weight excluding hydrogens is 360 g/mol. The quantitative estimate of drug-likeness (QED) is 0.664. The van der Waals surface area contributed by atoms with E-state index in [0.29, 0.717) is 17.3 Å². The molecule has 0 saturated carbocycles. The summed E-state index contributed by atoms with van der Waals surface area (Å²) < 4.78 is 0. The van der Waals surface area contributed by atoms with Crippen molar-refractivity contribution in [1.29, 1.82) is 0 Å². The van der Waals surface area contributed by atoms with Crippen LogP contribution >= 0.6 is 11.8 Å². The van der Waals surface area contributed by atoms with Crippen molar-refractivity contribution in [3.05, 3.63) is 70.5 Å². The molecule has 0 bridgehead atoms. The van der Waals surface area contributed by atoms with Crippen molar-refractivity contribution >= 4 is 23.4 Å². The molecule has 0 radical (unpaired) electrons. The Morgan fingerprint density at radius 1 is 1.11 bits per heavy atom. The molecule has 1 N–H and O–H groups in total. The summed E-state index contributed by atoms with van der Waals surface area (Å²) in [4.78, 5) is 29.3. The Balaban J connectivity index is 1.70. The van der Waals surface area contributed by atoms with E-state index in [1.165, 1.54) is 11.8 Å². The van der Waals surface area contributed by atoms with Gasteiger partial charge in [0.05, 0.1) is 5.75 Å². The molecule has 3 aromatic rings. The lowest BCUT2D eigenvalue weighted by Gasteiger charge is -2.21. The number of aryl methyl sites for hydroxylation is 1. The van der Waals surface area contributed by atoms with E-state index in [4.69, 9.17) is 0 Å². The van der Waals surface area contributed by atoms with Crippen molar-refractivity contribution in [2.24, 2.45) is 0 Å². The molecule has 0 aliphatic rings. The van der Waals surface area contributed by atoms with Crippen molar-refractivity contribution in [3.63, 3.8) is 0 Å². The molecule has 0 unspecified atom stereocenters. The number of thioether (sulfide) groups is 1. The van der Waals surface area contributed by atoms with Gasteiger partial charge in [0, 0.05) is 17.8 Å². The fourth-order valence-corrected chi connectivity index (χ4v) is 3.36. The predicted molar refractivity (Wildman–Crippen MR) is 108 cm³/mol. The van der Waals surface area contributed by atoms with Gasteiger partial charge < -0.3 is 4.90 Å². The number of aromatic amines is 1. The minimum Gasteiger partial charge on any atom is -0.312 e. The molecule has 0 atom stereocenters. The normalized spacial score (nSPS) is 10.6. The highest BCUT2D eigenvalue weighted by molar-refractivity contribution is 7.99.